The number of anilines is 2. The zero-order valence-corrected chi connectivity index (χ0v) is 15.7. The van der Waals surface area contributed by atoms with E-state index in [1.54, 1.807) is 11.3 Å². The van der Waals surface area contributed by atoms with Gasteiger partial charge in [-0.25, -0.2) is 15.0 Å². The van der Waals surface area contributed by atoms with Gasteiger partial charge in [-0.2, -0.15) is 0 Å². The van der Waals surface area contributed by atoms with Gasteiger partial charge in [-0.1, -0.05) is 6.07 Å². The van der Waals surface area contributed by atoms with Crippen LogP contribution in [0, 0.1) is 26.7 Å². The summed E-state index contributed by atoms with van der Waals surface area (Å²) in [4.78, 5) is 17.4. The maximum absolute atomic E-state index is 4.77. The minimum Gasteiger partial charge on any atom is -0.370 e. The number of nitrogens with zero attached hydrogens (tertiary/aromatic N) is 4. The molecule has 0 bridgehead atoms. The lowest BCUT2D eigenvalue weighted by atomic mass is 10.1. The molecule has 130 valence electrons. The quantitative estimate of drug-likeness (QED) is 0.770. The molecule has 6 heteroatoms. The van der Waals surface area contributed by atoms with Crippen molar-refractivity contribution in [2.75, 3.05) is 29.9 Å². The summed E-state index contributed by atoms with van der Waals surface area (Å²) < 4.78 is 0. The van der Waals surface area contributed by atoms with Crippen LogP contribution in [0.15, 0.2) is 23.6 Å². The third kappa shape index (κ3) is 3.31. The molecule has 1 aliphatic heterocycles. The molecule has 1 N–H and O–H groups in total. The molecular formula is C19H23N5S. The molecule has 0 saturated carbocycles. The summed E-state index contributed by atoms with van der Waals surface area (Å²) in [5.74, 6) is 3.53. The van der Waals surface area contributed by atoms with Crippen molar-refractivity contribution >= 4 is 33.2 Å². The maximum Gasteiger partial charge on any atom is 0.141 e. The Labute approximate surface area is 152 Å². The van der Waals surface area contributed by atoms with Gasteiger partial charge in [0, 0.05) is 25.3 Å². The largest absolute Gasteiger partial charge is 0.370 e. The van der Waals surface area contributed by atoms with E-state index in [4.69, 9.17) is 4.98 Å². The van der Waals surface area contributed by atoms with Gasteiger partial charge in [0.1, 0.15) is 22.3 Å². The van der Waals surface area contributed by atoms with Gasteiger partial charge in [0.15, 0.2) is 0 Å². The van der Waals surface area contributed by atoms with Crippen LogP contribution in [0.1, 0.15) is 23.5 Å². The molecule has 0 aromatic carbocycles. The fraction of sp³-hybridized carbons (Fsp3) is 0.421. The van der Waals surface area contributed by atoms with E-state index < -0.39 is 0 Å². The van der Waals surface area contributed by atoms with E-state index in [9.17, 15) is 0 Å². The van der Waals surface area contributed by atoms with Crippen molar-refractivity contribution < 1.29 is 0 Å². The fourth-order valence-electron chi connectivity index (χ4n) is 3.48. The maximum atomic E-state index is 4.77. The minimum atomic E-state index is 0.603. The van der Waals surface area contributed by atoms with Crippen LogP contribution < -0.4 is 10.2 Å². The summed E-state index contributed by atoms with van der Waals surface area (Å²) in [7, 11) is 0. The molecule has 1 fully saturated rings. The summed E-state index contributed by atoms with van der Waals surface area (Å²) >= 11 is 1.71. The van der Waals surface area contributed by atoms with Crippen LogP contribution in [0.3, 0.4) is 0 Å². The molecular weight excluding hydrogens is 330 g/mol. The Morgan fingerprint density at radius 3 is 2.92 bits per heavy atom. The fourth-order valence-corrected chi connectivity index (χ4v) is 4.44. The topological polar surface area (TPSA) is 53.9 Å². The first kappa shape index (κ1) is 16.3. The molecule has 0 radical (unpaired) electrons. The second-order valence-corrected chi connectivity index (χ2v) is 7.70. The number of rotatable bonds is 4. The molecule has 25 heavy (non-hydrogen) atoms. The Morgan fingerprint density at radius 2 is 2.08 bits per heavy atom. The molecule has 4 heterocycles. The molecule has 1 atom stereocenters. The Morgan fingerprint density at radius 1 is 1.20 bits per heavy atom. The summed E-state index contributed by atoms with van der Waals surface area (Å²) in [6, 6.07) is 6.10. The van der Waals surface area contributed by atoms with E-state index in [1.807, 2.05) is 32.0 Å². The van der Waals surface area contributed by atoms with Crippen LogP contribution in [0.5, 0.6) is 0 Å². The summed E-state index contributed by atoms with van der Waals surface area (Å²) in [6.07, 6.45) is 1.17. The lowest BCUT2D eigenvalue weighted by Gasteiger charge is -2.19. The van der Waals surface area contributed by atoms with E-state index in [0.29, 0.717) is 5.92 Å². The van der Waals surface area contributed by atoms with Crippen LogP contribution in [-0.4, -0.2) is 34.6 Å². The van der Waals surface area contributed by atoms with Gasteiger partial charge in [0.25, 0.3) is 0 Å². The first-order valence-electron chi connectivity index (χ1n) is 8.75. The first-order chi connectivity index (χ1) is 12.1. The molecule has 3 aromatic heterocycles. The van der Waals surface area contributed by atoms with Crippen molar-refractivity contribution in [2.24, 2.45) is 5.92 Å². The monoisotopic (exact) mass is 353 g/mol. The number of aromatic nitrogens is 3. The normalized spacial score (nSPS) is 17.4. The van der Waals surface area contributed by atoms with E-state index in [2.05, 4.69) is 32.5 Å². The van der Waals surface area contributed by atoms with Crippen LogP contribution >= 0.6 is 11.3 Å². The third-order valence-corrected chi connectivity index (χ3v) is 5.75. The molecule has 4 rings (SSSR count). The Bertz CT molecular complexity index is 904. The Balaban J connectivity index is 1.48. The molecule has 1 saturated heterocycles. The molecule has 3 aromatic rings. The number of thiophene rings is 1. The summed E-state index contributed by atoms with van der Waals surface area (Å²) in [5, 5.41) is 6.89. The Hall–Kier alpha value is -2.21. The average Bonchev–Trinajstić information content (AvgIpc) is 3.20. The van der Waals surface area contributed by atoms with Crippen molar-refractivity contribution in [1.29, 1.82) is 0 Å². The van der Waals surface area contributed by atoms with E-state index in [0.717, 1.165) is 47.6 Å². The SMILES string of the molecule is Cc1cccc(NCC2CCN(c3nc(C)nc4scc(C)c34)C2)n1. The van der Waals surface area contributed by atoms with Crippen LogP contribution in [0.2, 0.25) is 0 Å². The highest BCUT2D eigenvalue weighted by molar-refractivity contribution is 7.17. The number of hydrogen-bond donors (Lipinski definition) is 1. The number of aryl methyl sites for hydroxylation is 3. The first-order valence-corrected chi connectivity index (χ1v) is 9.63. The summed E-state index contributed by atoms with van der Waals surface area (Å²) in [5.41, 5.74) is 2.32. The van der Waals surface area contributed by atoms with Crippen LogP contribution in [0.4, 0.5) is 11.6 Å². The smallest absolute Gasteiger partial charge is 0.141 e. The second-order valence-electron chi connectivity index (χ2n) is 6.84. The van der Waals surface area contributed by atoms with E-state index in [-0.39, 0.29) is 0 Å². The molecule has 5 nitrogen and oxygen atoms in total. The molecule has 0 spiro atoms. The van der Waals surface area contributed by atoms with Crippen LogP contribution in [0.25, 0.3) is 10.2 Å². The molecule has 1 unspecified atom stereocenters. The van der Waals surface area contributed by atoms with Gasteiger partial charge >= 0.3 is 0 Å². The zero-order chi connectivity index (χ0) is 17.4. The van der Waals surface area contributed by atoms with Gasteiger partial charge in [-0.05, 0) is 56.2 Å². The van der Waals surface area contributed by atoms with Crippen molar-refractivity contribution in [1.82, 2.24) is 15.0 Å². The molecule has 0 amide bonds. The van der Waals surface area contributed by atoms with E-state index in [1.165, 1.54) is 17.4 Å². The average molecular weight is 353 g/mol. The van der Waals surface area contributed by atoms with Crippen molar-refractivity contribution in [3.63, 3.8) is 0 Å². The highest BCUT2D eigenvalue weighted by atomic mass is 32.1. The van der Waals surface area contributed by atoms with Crippen molar-refractivity contribution in [3.8, 4) is 0 Å². The number of hydrogen-bond acceptors (Lipinski definition) is 6. The number of fused-ring (bicyclic) bond motifs is 1. The minimum absolute atomic E-state index is 0.603. The highest BCUT2D eigenvalue weighted by Gasteiger charge is 2.26. The van der Waals surface area contributed by atoms with Crippen molar-refractivity contribution in [2.45, 2.75) is 27.2 Å². The van der Waals surface area contributed by atoms with Gasteiger partial charge in [0.2, 0.25) is 0 Å². The lowest BCUT2D eigenvalue weighted by molar-refractivity contribution is 0.621. The number of nitrogens with one attached hydrogen (secondary N) is 1. The van der Waals surface area contributed by atoms with E-state index >= 15 is 0 Å². The third-order valence-electron chi connectivity index (χ3n) is 4.76. The predicted molar refractivity (Wildman–Crippen MR) is 105 cm³/mol. The lowest BCUT2D eigenvalue weighted by Crippen LogP contribution is -2.24. The standard InChI is InChI=1S/C19H23N5S/c1-12-11-25-19-17(12)18(22-14(3)23-19)24-8-7-15(10-24)9-20-16-6-4-5-13(2)21-16/h4-6,11,15H,7-10H2,1-3H3,(H,20,21). The van der Waals surface area contributed by atoms with Gasteiger partial charge in [-0.3, -0.25) is 0 Å². The molecule has 0 aliphatic carbocycles. The van der Waals surface area contributed by atoms with Gasteiger partial charge in [0.05, 0.1) is 5.39 Å². The summed E-state index contributed by atoms with van der Waals surface area (Å²) in [6.45, 7) is 9.18. The van der Waals surface area contributed by atoms with Gasteiger partial charge < -0.3 is 10.2 Å². The predicted octanol–water partition coefficient (Wildman–Crippen LogP) is 3.95. The highest BCUT2D eigenvalue weighted by Crippen LogP contribution is 2.34. The Kier molecular flexibility index (Phi) is 4.29. The van der Waals surface area contributed by atoms with Crippen LogP contribution in [-0.2, 0) is 0 Å². The number of pyridine rings is 1. The van der Waals surface area contributed by atoms with Crippen molar-refractivity contribution in [3.05, 3.63) is 40.7 Å². The van der Waals surface area contributed by atoms with Gasteiger partial charge in [-0.15, -0.1) is 11.3 Å². The molecule has 1 aliphatic rings. The zero-order valence-electron chi connectivity index (χ0n) is 14.9. The second kappa shape index (κ2) is 6.59.